The smallest absolute Gasteiger partial charge is 0.307 e. The summed E-state index contributed by atoms with van der Waals surface area (Å²) >= 11 is 0. The van der Waals surface area contributed by atoms with Gasteiger partial charge in [-0.1, -0.05) is 12.2 Å². The second kappa shape index (κ2) is 6.34. The third-order valence-electron chi connectivity index (χ3n) is 4.79. The van der Waals surface area contributed by atoms with Gasteiger partial charge >= 0.3 is 5.97 Å². The Labute approximate surface area is 129 Å². The predicted octanol–water partition coefficient (Wildman–Crippen LogP) is 1.30. The molecule has 3 aliphatic carbocycles. The Balaban J connectivity index is 1.54. The largest absolute Gasteiger partial charge is 0.481 e. The second-order valence-electron chi connectivity index (χ2n) is 6.12. The summed E-state index contributed by atoms with van der Waals surface area (Å²) in [4.78, 5) is 27.9. The third-order valence-corrected chi connectivity index (χ3v) is 4.79. The van der Waals surface area contributed by atoms with E-state index in [0.717, 1.165) is 25.8 Å². The van der Waals surface area contributed by atoms with Crippen LogP contribution in [0.4, 0.5) is 0 Å². The number of carbonyl (C=O) groups is 2. The molecule has 118 valence electrons. The Morgan fingerprint density at radius 2 is 1.95 bits per heavy atom. The van der Waals surface area contributed by atoms with Crippen LogP contribution in [-0.4, -0.2) is 33.1 Å². The maximum Gasteiger partial charge on any atom is 0.307 e. The van der Waals surface area contributed by atoms with Crippen LogP contribution >= 0.6 is 0 Å². The standard InChI is InChI=1S/C16H21N3O3/c20-15(18-6-1-8-19-9-7-17-10-19)13-11-2-4-12(5-3-11)14(13)16(21)22/h2,4,7,9-14H,1,3,5-6,8H2,(H,18,20)(H,21,22)/t11-,12+,13-,14+/m1/s1. The highest BCUT2D eigenvalue weighted by Gasteiger charge is 2.47. The van der Waals surface area contributed by atoms with Gasteiger partial charge in [0.1, 0.15) is 0 Å². The van der Waals surface area contributed by atoms with Crippen LogP contribution in [-0.2, 0) is 16.1 Å². The molecule has 0 unspecified atom stereocenters. The predicted molar refractivity (Wildman–Crippen MR) is 79.8 cm³/mol. The summed E-state index contributed by atoms with van der Waals surface area (Å²) in [6, 6.07) is 0. The minimum absolute atomic E-state index is 0.00389. The van der Waals surface area contributed by atoms with E-state index in [9.17, 15) is 14.7 Å². The van der Waals surface area contributed by atoms with Crippen molar-refractivity contribution in [3.8, 4) is 0 Å². The molecule has 2 N–H and O–H groups in total. The van der Waals surface area contributed by atoms with Crippen molar-refractivity contribution in [2.45, 2.75) is 25.8 Å². The summed E-state index contributed by atoms with van der Waals surface area (Å²) in [7, 11) is 0. The first-order valence-electron chi connectivity index (χ1n) is 7.81. The molecule has 2 bridgehead atoms. The summed E-state index contributed by atoms with van der Waals surface area (Å²) in [6.07, 6.45) is 12.0. The number of nitrogens with zero attached hydrogens (tertiary/aromatic N) is 2. The molecule has 4 atom stereocenters. The van der Waals surface area contributed by atoms with Gasteiger partial charge in [-0.05, 0) is 31.1 Å². The molecule has 3 aliphatic rings. The van der Waals surface area contributed by atoms with Crippen LogP contribution in [0.5, 0.6) is 0 Å². The zero-order valence-corrected chi connectivity index (χ0v) is 12.4. The number of carboxylic acids is 1. The van der Waals surface area contributed by atoms with Crippen LogP contribution < -0.4 is 5.32 Å². The topological polar surface area (TPSA) is 84.2 Å². The first-order chi connectivity index (χ1) is 10.7. The lowest BCUT2D eigenvalue weighted by atomic mass is 9.62. The molecule has 4 rings (SSSR count). The Bertz CT molecular complexity index is 567. The molecule has 0 radical (unpaired) electrons. The number of aromatic nitrogens is 2. The molecule has 0 spiro atoms. The molecule has 0 aromatic carbocycles. The molecule has 1 fully saturated rings. The molecule has 1 amide bonds. The summed E-state index contributed by atoms with van der Waals surface area (Å²) in [5, 5.41) is 12.4. The Kier molecular flexibility index (Phi) is 4.27. The normalized spacial score (nSPS) is 29.5. The van der Waals surface area contributed by atoms with Gasteiger partial charge in [-0.3, -0.25) is 9.59 Å². The second-order valence-corrected chi connectivity index (χ2v) is 6.12. The number of allylic oxidation sites excluding steroid dienone is 2. The Hall–Kier alpha value is -2.11. The lowest BCUT2D eigenvalue weighted by Gasteiger charge is -2.41. The molecular weight excluding hydrogens is 282 g/mol. The van der Waals surface area contributed by atoms with E-state index in [1.165, 1.54) is 0 Å². The van der Waals surface area contributed by atoms with Gasteiger partial charge in [-0.15, -0.1) is 0 Å². The monoisotopic (exact) mass is 303 g/mol. The summed E-state index contributed by atoms with van der Waals surface area (Å²) in [6.45, 7) is 1.35. The number of carboxylic acid groups (broad SMARTS) is 1. The van der Waals surface area contributed by atoms with Crippen LogP contribution in [0.15, 0.2) is 30.9 Å². The molecule has 0 saturated heterocycles. The number of hydrogen-bond donors (Lipinski definition) is 2. The number of fused-ring (bicyclic) bond motifs is 2. The summed E-state index contributed by atoms with van der Waals surface area (Å²) in [5.41, 5.74) is 0. The van der Waals surface area contributed by atoms with E-state index in [-0.39, 0.29) is 17.7 Å². The molecule has 1 heterocycles. The Morgan fingerprint density at radius 3 is 2.55 bits per heavy atom. The van der Waals surface area contributed by atoms with Crippen LogP contribution in [0, 0.1) is 23.7 Å². The lowest BCUT2D eigenvalue weighted by molar-refractivity contribution is -0.152. The van der Waals surface area contributed by atoms with Gasteiger partial charge in [0.05, 0.1) is 18.2 Å². The van der Waals surface area contributed by atoms with Crippen LogP contribution in [0.2, 0.25) is 0 Å². The molecule has 6 heteroatoms. The van der Waals surface area contributed by atoms with Gasteiger partial charge in [-0.2, -0.15) is 0 Å². The molecule has 6 nitrogen and oxygen atoms in total. The van der Waals surface area contributed by atoms with Gasteiger partial charge < -0.3 is 15.0 Å². The minimum atomic E-state index is -0.849. The van der Waals surface area contributed by atoms with E-state index in [4.69, 9.17) is 0 Å². The fourth-order valence-corrected chi connectivity index (χ4v) is 3.70. The molecule has 1 aromatic heterocycles. The van der Waals surface area contributed by atoms with E-state index in [1.807, 2.05) is 22.9 Å². The van der Waals surface area contributed by atoms with Crippen molar-refractivity contribution < 1.29 is 14.7 Å². The summed E-state index contributed by atoms with van der Waals surface area (Å²) < 4.78 is 1.96. The van der Waals surface area contributed by atoms with Gasteiger partial charge in [-0.25, -0.2) is 4.98 Å². The van der Waals surface area contributed by atoms with Gasteiger partial charge in [0, 0.05) is 25.5 Å². The molecule has 1 aromatic rings. The molecule has 1 saturated carbocycles. The zero-order chi connectivity index (χ0) is 15.5. The van der Waals surface area contributed by atoms with E-state index >= 15 is 0 Å². The number of carbonyl (C=O) groups excluding carboxylic acids is 1. The highest BCUT2D eigenvalue weighted by atomic mass is 16.4. The zero-order valence-electron chi connectivity index (χ0n) is 12.4. The maximum atomic E-state index is 12.4. The van der Waals surface area contributed by atoms with Crippen molar-refractivity contribution in [1.29, 1.82) is 0 Å². The van der Waals surface area contributed by atoms with Crippen molar-refractivity contribution >= 4 is 11.9 Å². The van der Waals surface area contributed by atoms with Crippen molar-refractivity contribution in [2.24, 2.45) is 23.7 Å². The van der Waals surface area contributed by atoms with Crippen molar-refractivity contribution in [3.63, 3.8) is 0 Å². The minimum Gasteiger partial charge on any atom is -0.481 e. The number of aliphatic carboxylic acids is 1. The van der Waals surface area contributed by atoms with E-state index in [1.54, 1.807) is 12.5 Å². The van der Waals surface area contributed by atoms with E-state index in [2.05, 4.69) is 10.3 Å². The highest BCUT2D eigenvalue weighted by Crippen LogP contribution is 2.44. The highest BCUT2D eigenvalue weighted by molar-refractivity contribution is 5.86. The molecular formula is C16H21N3O3. The number of hydrogen-bond acceptors (Lipinski definition) is 3. The van der Waals surface area contributed by atoms with E-state index < -0.39 is 17.8 Å². The van der Waals surface area contributed by atoms with Crippen molar-refractivity contribution in [1.82, 2.24) is 14.9 Å². The average Bonchev–Trinajstić information content (AvgIpc) is 3.04. The maximum absolute atomic E-state index is 12.4. The van der Waals surface area contributed by atoms with Gasteiger partial charge in [0.25, 0.3) is 0 Å². The number of rotatable bonds is 6. The fourth-order valence-electron chi connectivity index (χ4n) is 3.70. The fraction of sp³-hybridized carbons (Fsp3) is 0.562. The molecule has 0 aliphatic heterocycles. The van der Waals surface area contributed by atoms with E-state index in [0.29, 0.717) is 6.54 Å². The van der Waals surface area contributed by atoms with Crippen LogP contribution in [0.25, 0.3) is 0 Å². The van der Waals surface area contributed by atoms with Crippen molar-refractivity contribution in [2.75, 3.05) is 6.54 Å². The average molecular weight is 303 g/mol. The first kappa shape index (κ1) is 14.8. The quantitative estimate of drug-likeness (QED) is 0.613. The summed E-state index contributed by atoms with van der Waals surface area (Å²) in [5.74, 6) is -1.88. The number of aryl methyl sites for hydroxylation is 1. The number of amides is 1. The first-order valence-corrected chi connectivity index (χ1v) is 7.81. The van der Waals surface area contributed by atoms with Gasteiger partial charge in [0.15, 0.2) is 0 Å². The SMILES string of the molecule is O=C(O)[C@@H]1[C@H](C(=O)NCCCn2ccnc2)[C@@H]2C=C[C@H]1CC2. The number of nitrogens with one attached hydrogen (secondary N) is 1. The van der Waals surface area contributed by atoms with Crippen LogP contribution in [0.3, 0.4) is 0 Å². The van der Waals surface area contributed by atoms with Crippen molar-refractivity contribution in [3.05, 3.63) is 30.9 Å². The Morgan fingerprint density at radius 1 is 1.23 bits per heavy atom. The number of imidazole rings is 1. The molecule has 22 heavy (non-hydrogen) atoms. The lowest BCUT2D eigenvalue weighted by Crippen LogP contribution is -2.49. The van der Waals surface area contributed by atoms with Gasteiger partial charge in [0.2, 0.25) is 5.91 Å². The van der Waals surface area contributed by atoms with Crippen LogP contribution in [0.1, 0.15) is 19.3 Å². The third kappa shape index (κ3) is 2.91.